The van der Waals surface area contributed by atoms with Gasteiger partial charge in [0, 0.05) is 18.5 Å². The molecular weight excluding hydrogens is 340 g/mol. The predicted molar refractivity (Wildman–Crippen MR) is 98.5 cm³/mol. The Kier molecular flexibility index (Phi) is 6.56. The van der Waals surface area contributed by atoms with E-state index in [-0.39, 0.29) is 18.3 Å². The molecule has 0 bridgehead atoms. The molecule has 2 aromatic rings. The Morgan fingerprint density at radius 2 is 1.96 bits per heavy atom. The summed E-state index contributed by atoms with van der Waals surface area (Å²) in [5.41, 5.74) is 7.54. The number of benzene rings is 1. The van der Waals surface area contributed by atoms with Crippen molar-refractivity contribution in [2.45, 2.75) is 51.0 Å². The summed E-state index contributed by atoms with van der Waals surface area (Å²) in [7, 11) is 0. The largest absolute Gasteiger partial charge is 0.354 e. The van der Waals surface area contributed by atoms with Crippen molar-refractivity contribution in [1.29, 1.82) is 0 Å². The van der Waals surface area contributed by atoms with Gasteiger partial charge >= 0.3 is 0 Å². The average molecular weight is 365 g/mol. The third-order valence-electron chi connectivity index (χ3n) is 4.63. The van der Waals surface area contributed by atoms with Gasteiger partial charge in [0.25, 0.3) is 5.89 Å². The summed E-state index contributed by atoms with van der Waals surface area (Å²) in [4.78, 5) is 16.5. The Bertz CT molecular complexity index is 693. The first-order valence-electron chi connectivity index (χ1n) is 8.60. The van der Waals surface area contributed by atoms with Gasteiger partial charge in [0.2, 0.25) is 5.91 Å². The first kappa shape index (κ1) is 19.4. The molecule has 0 spiro atoms. The molecule has 0 radical (unpaired) electrons. The molecule has 1 aliphatic rings. The average Bonchev–Trinajstić information content (AvgIpc) is 3.25. The molecule has 1 aromatic heterocycles. The Labute approximate surface area is 154 Å². The molecule has 1 fully saturated rings. The zero-order valence-corrected chi connectivity index (χ0v) is 15.3. The maximum absolute atomic E-state index is 12.2. The molecule has 7 heteroatoms. The molecule has 1 amide bonds. The lowest BCUT2D eigenvalue weighted by Crippen LogP contribution is -2.52. The van der Waals surface area contributed by atoms with E-state index in [0.29, 0.717) is 18.3 Å². The van der Waals surface area contributed by atoms with E-state index in [1.807, 2.05) is 31.2 Å². The van der Waals surface area contributed by atoms with Crippen LogP contribution in [0.5, 0.6) is 0 Å². The number of carbonyl (C=O) groups excluding carboxylic acids is 1. The second-order valence-electron chi connectivity index (χ2n) is 6.44. The molecule has 6 nitrogen and oxygen atoms in total. The van der Waals surface area contributed by atoms with E-state index in [1.165, 1.54) is 0 Å². The van der Waals surface area contributed by atoms with Gasteiger partial charge in [-0.3, -0.25) is 4.79 Å². The van der Waals surface area contributed by atoms with Crippen LogP contribution in [0.3, 0.4) is 0 Å². The van der Waals surface area contributed by atoms with E-state index >= 15 is 0 Å². The highest BCUT2D eigenvalue weighted by atomic mass is 35.5. The summed E-state index contributed by atoms with van der Waals surface area (Å²) in [6.07, 6.45) is 5.19. The van der Waals surface area contributed by atoms with Gasteiger partial charge in [0.1, 0.15) is 0 Å². The number of hydrogen-bond acceptors (Lipinski definition) is 5. The molecule has 1 aliphatic carbocycles. The SMILES string of the molecule is CCc1noc(-c2ccc(CCNC(=O)C3(N)CCCC3)cc2)n1.Cl. The van der Waals surface area contributed by atoms with Crippen LogP contribution in [0.15, 0.2) is 28.8 Å². The number of aryl methyl sites for hydroxylation is 1. The van der Waals surface area contributed by atoms with Crippen LogP contribution in [0.25, 0.3) is 11.5 Å². The monoisotopic (exact) mass is 364 g/mol. The first-order chi connectivity index (χ1) is 11.6. The van der Waals surface area contributed by atoms with Crippen LogP contribution >= 0.6 is 12.4 Å². The van der Waals surface area contributed by atoms with Crippen molar-refractivity contribution < 1.29 is 9.32 Å². The number of nitrogens with two attached hydrogens (primary N) is 1. The number of rotatable bonds is 6. The Hall–Kier alpha value is -1.92. The maximum Gasteiger partial charge on any atom is 0.257 e. The smallest absolute Gasteiger partial charge is 0.257 e. The number of nitrogens with one attached hydrogen (secondary N) is 1. The number of amides is 1. The molecule has 136 valence electrons. The highest BCUT2D eigenvalue weighted by Gasteiger charge is 2.36. The standard InChI is InChI=1S/C18H24N4O2.ClH/c1-2-15-21-16(24-22-15)14-7-5-13(6-8-14)9-12-20-17(23)18(19)10-3-4-11-18;/h5-8H,2-4,9-12,19H2,1H3,(H,20,23);1H. The van der Waals surface area contributed by atoms with Crippen molar-refractivity contribution >= 4 is 18.3 Å². The molecule has 3 N–H and O–H groups in total. The molecule has 1 aromatic carbocycles. The predicted octanol–water partition coefficient (Wildman–Crippen LogP) is 2.65. The van der Waals surface area contributed by atoms with Gasteiger partial charge < -0.3 is 15.6 Å². The van der Waals surface area contributed by atoms with Crippen LogP contribution in [0, 0.1) is 0 Å². The van der Waals surface area contributed by atoms with Crippen molar-refractivity contribution in [3.05, 3.63) is 35.7 Å². The summed E-state index contributed by atoms with van der Waals surface area (Å²) in [5.74, 6) is 1.23. The highest BCUT2D eigenvalue weighted by Crippen LogP contribution is 2.27. The number of hydrogen-bond donors (Lipinski definition) is 2. The minimum atomic E-state index is -0.654. The summed E-state index contributed by atoms with van der Waals surface area (Å²) in [5, 5.41) is 6.87. The summed E-state index contributed by atoms with van der Waals surface area (Å²) < 4.78 is 5.23. The van der Waals surface area contributed by atoms with Crippen LogP contribution in [-0.4, -0.2) is 28.1 Å². The van der Waals surface area contributed by atoms with Crippen LogP contribution in [0.4, 0.5) is 0 Å². The number of aromatic nitrogens is 2. The minimum absolute atomic E-state index is 0. The van der Waals surface area contributed by atoms with Gasteiger partial charge in [-0.05, 0) is 37.0 Å². The van der Waals surface area contributed by atoms with Gasteiger partial charge in [-0.15, -0.1) is 12.4 Å². The molecular formula is C18H25ClN4O2. The summed E-state index contributed by atoms with van der Waals surface area (Å²) in [6, 6.07) is 7.97. The van der Waals surface area contributed by atoms with E-state index in [1.54, 1.807) is 0 Å². The minimum Gasteiger partial charge on any atom is -0.354 e. The lowest BCUT2D eigenvalue weighted by atomic mass is 9.98. The third kappa shape index (κ3) is 4.58. The lowest BCUT2D eigenvalue weighted by Gasteiger charge is -2.22. The Morgan fingerprint density at radius 3 is 2.56 bits per heavy atom. The van der Waals surface area contributed by atoms with Gasteiger partial charge in [0.15, 0.2) is 5.82 Å². The van der Waals surface area contributed by atoms with Gasteiger partial charge in [-0.2, -0.15) is 4.98 Å². The summed E-state index contributed by atoms with van der Waals surface area (Å²) >= 11 is 0. The van der Waals surface area contributed by atoms with Crippen LogP contribution in [0.1, 0.15) is 44.0 Å². The van der Waals surface area contributed by atoms with Gasteiger partial charge in [-0.25, -0.2) is 0 Å². The van der Waals surface area contributed by atoms with Crippen LogP contribution < -0.4 is 11.1 Å². The second-order valence-corrected chi connectivity index (χ2v) is 6.44. The lowest BCUT2D eigenvalue weighted by molar-refractivity contribution is -0.126. The van der Waals surface area contributed by atoms with Gasteiger partial charge in [0.05, 0.1) is 5.54 Å². The molecule has 1 saturated carbocycles. The van der Waals surface area contributed by atoms with E-state index in [0.717, 1.165) is 49.7 Å². The topological polar surface area (TPSA) is 94.0 Å². The zero-order valence-electron chi connectivity index (χ0n) is 14.5. The molecule has 25 heavy (non-hydrogen) atoms. The van der Waals surface area contributed by atoms with Crippen molar-refractivity contribution in [1.82, 2.24) is 15.5 Å². The van der Waals surface area contributed by atoms with Crippen molar-refractivity contribution in [2.24, 2.45) is 5.73 Å². The maximum atomic E-state index is 12.2. The van der Waals surface area contributed by atoms with Crippen LogP contribution in [0.2, 0.25) is 0 Å². The molecule has 1 heterocycles. The Morgan fingerprint density at radius 1 is 1.28 bits per heavy atom. The van der Waals surface area contributed by atoms with Crippen LogP contribution in [-0.2, 0) is 17.6 Å². The van der Waals surface area contributed by atoms with Crippen molar-refractivity contribution in [3.63, 3.8) is 0 Å². The Balaban J connectivity index is 0.00000225. The summed E-state index contributed by atoms with van der Waals surface area (Å²) in [6.45, 7) is 2.58. The zero-order chi connectivity index (χ0) is 17.0. The van der Waals surface area contributed by atoms with Crippen molar-refractivity contribution in [2.75, 3.05) is 6.54 Å². The quantitative estimate of drug-likeness (QED) is 0.821. The van der Waals surface area contributed by atoms with E-state index in [4.69, 9.17) is 10.3 Å². The van der Waals surface area contributed by atoms with E-state index < -0.39 is 5.54 Å². The van der Waals surface area contributed by atoms with Crippen molar-refractivity contribution in [3.8, 4) is 11.5 Å². The fourth-order valence-corrected chi connectivity index (χ4v) is 3.06. The molecule has 3 rings (SSSR count). The fraction of sp³-hybridized carbons (Fsp3) is 0.500. The fourth-order valence-electron chi connectivity index (χ4n) is 3.06. The third-order valence-corrected chi connectivity index (χ3v) is 4.63. The highest BCUT2D eigenvalue weighted by molar-refractivity contribution is 5.86. The molecule has 0 unspecified atom stereocenters. The molecule has 0 saturated heterocycles. The van der Waals surface area contributed by atoms with E-state index in [2.05, 4.69) is 15.5 Å². The number of carbonyl (C=O) groups is 1. The first-order valence-corrected chi connectivity index (χ1v) is 8.60. The number of nitrogens with zero attached hydrogens (tertiary/aromatic N) is 2. The second kappa shape index (κ2) is 8.45. The van der Waals surface area contributed by atoms with E-state index in [9.17, 15) is 4.79 Å². The molecule has 0 atom stereocenters. The van der Waals surface area contributed by atoms with Gasteiger partial charge in [-0.1, -0.05) is 37.1 Å². The normalized spacial score (nSPS) is 15.6. The molecule has 0 aliphatic heterocycles. The number of halogens is 1.